The minimum atomic E-state index is -0.802. The molecule has 6 nitrogen and oxygen atoms in total. The number of carboxylic acids is 1. The summed E-state index contributed by atoms with van der Waals surface area (Å²) >= 11 is 0. The van der Waals surface area contributed by atoms with Crippen LogP contribution in [0, 0.1) is 5.41 Å². The van der Waals surface area contributed by atoms with Crippen molar-refractivity contribution in [2.45, 2.75) is 26.2 Å². The summed E-state index contributed by atoms with van der Waals surface area (Å²) in [6, 6.07) is 0. The number of nitrogens with zero attached hydrogens (tertiary/aromatic N) is 2. The smallest absolute Gasteiger partial charge is 0.311 e. The molecule has 2 heterocycles. The van der Waals surface area contributed by atoms with Gasteiger partial charge in [-0.15, -0.1) is 0 Å². The van der Waals surface area contributed by atoms with Gasteiger partial charge in [0.1, 0.15) is 5.69 Å². The number of carboxylic acid groups (broad SMARTS) is 1. The molecule has 1 atom stereocenters. The van der Waals surface area contributed by atoms with E-state index in [2.05, 4.69) is 9.97 Å². The van der Waals surface area contributed by atoms with Gasteiger partial charge in [-0.3, -0.25) is 9.59 Å². The Morgan fingerprint density at radius 2 is 2.39 bits per heavy atom. The van der Waals surface area contributed by atoms with Crippen LogP contribution in [-0.2, 0) is 4.79 Å². The van der Waals surface area contributed by atoms with E-state index in [-0.39, 0.29) is 12.5 Å². The average molecular weight is 251 g/mol. The number of hydrogen-bond acceptors (Lipinski definition) is 3. The van der Waals surface area contributed by atoms with Crippen molar-refractivity contribution in [1.82, 2.24) is 14.9 Å². The van der Waals surface area contributed by atoms with E-state index in [0.717, 1.165) is 6.42 Å². The lowest BCUT2D eigenvalue weighted by Crippen LogP contribution is -2.37. The number of H-pyrrole nitrogens is 1. The molecule has 1 aromatic rings. The standard InChI is InChI=1S/C12H17N3O3/c1-2-3-12(11(17)18)4-5-15(7-12)10(16)9-6-13-8-14-9/h6,8H,2-5,7H2,1H3,(H,13,14)(H,17,18). The number of likely N-dealkylation sites (tertiary alicyclic amines) is 1. The first-order valence-corrected chi connectivity index (χ1v) is 6.10. The molecule has 0 aromatic carbocycles. The number of aromatic amines is 1. The predicted molar refractivity (Wildman–Crippen MR) is 64.1 cm³/mol. The molecule has 98 valence electrons. The molecule has 0 spiro atoms. The van der Waals surface area contributed by atoms with Crippen LogP contribution in [0.5, 0.6) is 0 Å². The second kappa shape index (κ2) is 4.80. The van der Waals surface area contributed by atoms with Crippen molar-refractivity contribution >= 4 is 11.9 Å². The van der Waals surface area contributed by atoms with Crippen LogP contribution in [0.25, 0.3) is 0 Å². The van der Waals surface area contributed by atoms with E-state index in [1.165, 1.54) is 12.5 Å². The number of carbonyl (C=O) groups is 2. The average Bonchev–Trinajstić information content (AvgIpc) is 2.98. The fourth-order valence-corrected chi connectivity index (χ4v) is 2.55. The second-order valence-electron chi connectivity index (χ2n) is 4.78. The zero-order chi connectivity index (χ0) is 13.2. The maximum absolute atomic E-state index is 12.1. The number of aromatic nitrogens is 2. The van der Waals surface area contributed by atoms with Crippen LogP contribution in [-0.4, -0.2) is 44.9 Å². The largest absolute Gasteiger partial charge is 0.481 e. The van der Waals surface area contributed by atoms with Crippen molar-refractivity contribution in [2.75, 3.05) is 13.1 Å². The third-order valence-corrected chi connectivity index (χ3v) is 3.55. The van der Waals surface area contributed by atoms with Crippen LogP contribution < -0.4 is 0 Å². The normalized spacial score (nSPS) is 23.3. The zero-order valence-corrected chi connectivity index (χ0v) is 10.3. The van der Waals surface area contributed by atoms with E-state index in [4.69, 9.17) is 0 Å². The Hall–Kier alpha value is -1.85. The van der Waals surface area contributed by atoms with Crippen molar-refractivity contribution in [2.24, 2.45) is 5.41 Å². The second-order valence-corrected chi connectivity index (χ2v) is 4.78. The van der Waals surface area contributed by atoms with Crippen molar-refractivity contribution in [3.05, 3.63) is 18.2 Å². The lowest BCUT2D eigenvalue weighted by atomic mass is 9.83. The Balaban J connectivity index is 2.11. The van der Waals surface area contributed by atoms with Crippen LogP contribution in [0.2, 0.25) is 0 Å². The first kappa shape index (κ1) is 12.6. The van der Waals surface area contributed by atoms with Crippen LogP contribution in [0.3, 0.4) is 0 Å². The number of amides is 1. The van der Waals surface area contributed by atoms with Gasteiger partial charge in [-0.2, -0.15) is 0 Å². The molecular formula is C12H17N3O3. The summed E-state index contributed by atoms with van der Waals surface area (Å²) in [4.78, 5) is 31.6. The summed E-state index contributed by atoms with van der Waals surface area (Å²) in [5, 5.41) is 9.37. The highest BCUT2D eigenvalue weighted by Gasteiger charge is 2.45. The number of hydrogen-bond donors (Lipinski definition) is 2. The molecule has 0 radical (unpaired) electrons. The van der Waals surface area contributed by atoms with Crippen molar-refractivity contribution in [3.63, 3.8) is 0 Å². The predicted octanol–water partition coefficient (Wildman–Crippen LogP) is 1.13. The first-order chi connectivity index (χ1) is 8.59. The highest BCUT2D eigenvalue weighted by Crippen LogP contribution is 2.36. The van der Waals surface area contributed by atoms with E-state index in [9.17, 15) is 14.7 Å². The topological polar surface area (TPSA) is 86.3 Å². The third kappa shape index (κ3) is 2.10. The lowest BCUT2D eigenvalue weighted by molar-refractivity contribution is -0.148. The van der Waals surface area contributed by atoms with E-state index in [1.807, 2.05) is 6.92 Å². The first-order valence-electron chi connectivity index (χ1n) is 6.10. The summed E-state index contributed by atoms with van der Waals surface area (Å²) in [6.45, 7) is 2.74. The summed E-state index contributed by atoms with van der Waals surface area (Å²) in [5.74, 6) is -0.976. The number of aliphatic carboxylic acids is 1. The molecule has 2 rings (SSSR count). The van der Waals surface area contributed by atoms with Gasteiger partial charge < -0.3 is 15.0 Å². The summed E-state index contributed by atoms with van der Waals surface area (Å²) in [5.41, 5.74) is -0.363. The molecule has 1 aromatic heterocycles. The molecule has 1 unspecified atom stereocenters. The molecule has 1 saturated heterocycles. The zero-order valence-electron chi connectivity index (χ0n) is 10.3. The molecule has 0 saturated carbocycles. The van der Waals surface area contributed by atoms with Crippen molar-refractivity contribution < 1.29 is 14.7 Å². The van der Waals surface area contributed by atoms with Gasteiger partial charge in [-0.1, -0.05) is 13.3 Å². The summed E-state index contributed by atoms with van der Waals surface area (Å²) < 4.78 is 0. The maximum Gasteiger partial charge on any atom is 0.311 e. The Labute approximate surface area is 105 Å². The van der Waals surface area contributed by atoms with Gasteiger partial charge in [-0.05, 0) is 12.8 Å². The van der Waals surface area contributed by atoms with Crippen LogP contribution in [0.1, 0.15) is 36.7 Å². The van der Waals surface area contributed by atoms with Gasteiger partial charge in [0.15, 0.2) is 0 Å². The molecule has 1 aliphatic rings. The van der Waals surface area contributed by atoms with Crippen LogP contribution in [0.4, 0.5) is 0 Å². The van der Waals surface area contributed by atoms with Gasteiger partial charge in [-0.25, -0.2) is 4.98 Å². The fraction of sp³-hybridized carbons (Fsp3) is 0.583. The van der Waals surface area contributed by atoms with Crippen molar-refractivity contribution in [3.8, 4) is 0 Å². The molecule has 1 amide bonds. The highest BCUT2D eigenvalue weighted by molar-refractivity contribution is 5.93. The van der Waals surface area contributed by atoms with E-state index < -0.39 is 11.4 Å². The Kier molecular flexibility index (Phi) is 3.36. The quantitative estimate of drug-likeness (QED) is 0.839. The third-order valence-electron chi connectivity index (χ3n) is 3.55. The minimum absolute atomic E-state index is 0.174. The molecule has 1 fully saturated rings. The number of nitrogens with one attached hydrogen (secondary N) is 1. The Morgan fingerprint density at radius 3 is 2.94 bits per heavy atom. The van der Waals surface area contributed by atoms with Crippen LogP contribution >= 0.6 is 0 Å². The van der Waals surface area contributed by atoms with Gasteiger partial charge in [0.25, 0.3) is 5.91 Å². The van der Waals surface area contributed by atoms with Crippen molar-refractivity contribution in [1.29, 1.82) is 0 Å². The van der Waals surface area contributed by atoms with Gasteiger partial charge in [0.2, 0.25) is 0 Å². The Bertz CT molecular complexity index is 443. The number of rotatable bonds is 4. The maximum atomic E-state index is 12.1. The summed E-state index contributed by atoms with van der Waals surface area (Å²) in [6.07, 6.45) is 4.84. The van der Waals surface area contributed by atoms with Gasteiger partial charge in [0.05, 0.1) is 17.9 Å². The lowest BCUT2D eigenvalue weighted by Gasteiger charge is -2.23. The molecule has 18 heavy (non-hydrogen) atoms. The molecule has 0 aliphatic carbocycles. The SMILES string of the molecule is CCCC1(C(=O)O)CCN(C(=O)c2cnc[nH]2)C1. The molecule has 6 heteroatoms. The van der Waals surface area contributed by atoms with Gasteiger partial charge >= 0.3 is 5.97 Å². The number of imidazole rings is 1. The fourth-order valence-electron chi connectivity index (χ4n) is 2.55. The molecule has 1 aliphatic heterocycles. The Morgan fingerprint density at radius 1 is 1.61 bits per heavy atom. The molecule has 0 bridgehead atoms. The van der Waals surface area contributed by atoms with Crippen LogP contribution in [0.15, 0.2) is 12.5 Å². The molecular weight excluding hydrogens is 234 g/mol. The van der Waals surface area contributed by atoms with E-state index in [0.29, 0.717) is 25.1 Å². The van der Waals surface area contributed by atoms with E-state index >= 15 is 0 Å². The van der Waals surface area contributed by atoms with E-state index in [1.54, 1.807) is 4.90 Å². The molecule has 2 N–H and O–H groups in total. The van der Waals surface area contributed by atoms with Gasteiger partial charge in [0, 0.05) is 13.1 Å². The highest BCUT2D eigenvalue weighted by atomic mass is 16.4. The number of carbonyl (C=O) groups excluding carboxylic acids is 1. The minimum Gasteiger partial charge on any atom is -0.481 e. The summed E-state index contributed by atoms with van der Waals surface area (Å²) in [7, 11) is 0. The monoisotopic (exact) mass is 251 g/mol.